The lowest BCUT2D eigenvalue weighted by molar-refractivity contribution is -0.0239. The Hall–Kier alpha value is -1.54. The molecule has 1 saturated heterocycles. The first-order valence-electron chi connectivity index (χ1n) is 5.42. The molecule has 1 aromatic heterocycles. The van der Waals surface area contributed by atoms with Crippen LogP contribution in [0.5, 0.6) is 0 Å². The van der Waals surface area contributed by atoms with Crippen LogP contribution in [0.3, 0.4) is 0 Å². The van der Waals surface area contributed by atoms with Gasteiger partial charge in [-0.1, -0.05) is 0 Å². The van der Waals surface area contributed by atoms with Gasteiger partial charge in [0.1, 0.15) is 24.4 Å². The van der Waals surface area contributed by atoms with Gasteiger partial charge in [-0.15, -0.1) is 0 Å². The lowest BCUT2D eigenvalue weighted by atomic mass is 10.0. The zero-order chi connectivity index (χ0) is 13.3. The number of hydrogen-bond acceptors (Lipinski definition) is 6. The smallest absolute Gasteiger partial charge is 0.248 e. The molecule has 18 heavy (non-hydrogen) atoms. The average molecular weight is 254 g/mol. The molecule has 0 aromatic carbocycles. The van der Waals surface area contributed by atoms with Crippen molar-refractivity contribution < 1.29 is 24.9 Å². The summed E-state index contributed by atoms with van der Waals surface area (Å²) in [6.45, 7) is -0.412. The van der Waals surface area contributed by atoms with Crippen LogP contribution in [0.15, 0.2) is 18.3 Å². The van der Waals surface area contributed by atoms with Crippen molar-refractivity contribution in [3.8, 4) is 0 Å². The van der Waals surface area contributed by atoms with E-state index in [1.165, 1.54) is 18.3 Å². The monoisotopic (exact) mass is 254 g/mol. The number of carbonyl (C=O) groups excluding carboxylic acids is 1. The molecule has 2 heterocycles. The molecule has 1 aliphatic heterocycles. The van der Waals surface area contributed by atoms with Gasteiger partial charge in [0.15, 0.2) is 0 Å². The van der Waals surface area contributed by atoms with E-state index >= 15 is 0 Å². The summed E-state index contributed by atoms with van der Waals surface area (Å²) >= 11 is 0. The van der Waals surface area contributed by atoms with Crippen molar-refractivity contribution in [2.24, 2.45) is 5.73 Å². The second kappa shape index (κ2) is 4.99. The van der Waals surface area contributed by atoms with Crippen LogP contribution >= 0.6 is 0 Å². The SMILES string of the molecule is NC(=O)c1ccnc([C@@H]2O[C@H](CO)C(O)[C@@H]2O)c1. The van der Waals surface area contributed by atoms with Gasteiger partial charge in [0, 0.05) is 11.8 Å². The summed E-state index contributed by atoms with van der Waals surface area (Å²) in [5.74, 6) is -0.620. The molecule has 0 spiro atoms. The van der Waals surface area contributed by atoms with Gasteiger partial charge in [-0.2, -0.15) is 0 Å². The van der Waals surface area contributed by atoms with Crippen molar-refractivity contribution >= 4 is 5.91 Å². The third kappa shape index (κ3) is 2.21. The summed E-state index contributed by atoms with van der Waals surface area (Å²) < 4.78 is 5.29. The number of aromatic nitrogens is 1. The van der Waals surface area contributed by atoms with Crippen LogP contribution in [0.1, 0.15) is 22.2 Å². The second-order valence-electron chi connectivity index (χ2n) is 4.09. The topological polar surface area (TPSA) is 126 Å². The number of carbonyl (C=O) groups is 1. The number of ether oxygens (including phenoxy) is 1. The molecule has 0 saturated carbocycles. The quantitative estimate of drug-likeness (QED) is 0.511. The van der Waals surface area contributed by atoms with Crippen LogP contribution in [0, 0.1) is 0 Å². The number of hydrogen-bond donors (Lipinski definition) is 4. The van der Waals surface area contributed by atoms with Crippen molar-refractivity contribution in [1.29, 1.82) is 0 Å². The van der Waals surface area contributed by atoms with Crippen molar-refractivity contribution in [3.63, 3.8) is 0 Å². The van der Waals surface area contributed by atoms with Crippen LogP contribution in [0.4, 0.5) is 0 Å². The van der Waals surface area contributed by atoms with E-state index in [4.69, 9.17) is 15.6 Å². The molecular formula is C11H14N2O5. The van der Waals surface area contributed by atoms with Crippen molar-refractivity contribution in [3.05, 3.63) is 29.6 Å². The van der Waals surface area contributed by atoms with E-state index < -0.39 is 36.9 Å². The molecule has 0 bridgehead atoms. The maximum Gasteiger partial charge on any atom is 0.248 e. The molecule has 7 nitrogen and oxygen atoms in total. The molecule has 0 radical (unpaired) electrons. The molecular weight excluding hydrogens is 240 g/mol. The van der Waals surface area contributed by atoms with Crippen LogP contribution in [0.2, 0.25) is 0 Å². The lowest BCUT2D eigenvalue weighted by Crippen LogP contribution is -2.32. The van der Waals surface area contributed by atoms with Crippen molar-refractivity contribution in [2.75, 3.05) is 6.61 Å². The fourth-order valence-corrected chi connectivity index (χ4v) is 1.90. The van der Waals surface area contributed by atoms with Crippen LogP contribution in [-0.4, -0.2) is 51.1 Å². The lowest BCUT2D eigenvalue weighted by Gasteiger charge is -2.14. The van der Waals surface area contributed by atoms with Crippen molar-refractivity contribution in [1.82, 2.24) is 4.98 Å². The Kier molecular flexibility index (Phi) is 3.58. The molecule has 2 rings (SSSR count). The van der Waals surface area contributed by atoms with E-state index in [0.717, 1.165) is 0 Å². The van der Waals surface area contributed by atoms with Gasteiger partial charge in [0.2, 0.25) is 5.91 Å². The zero-order valence-corrected chi connectivity index (χ0v) is 9.43. The molecule has 4 atom stereocenters. The first kappa shape index (κ1) is 12.9. The standard InChI is InChI=1S/C11H14N2O5/c12-11(17)5-1-2-13-6(3-5)10-9(16)8(15)7(4-14)18-10/h1-3,7-10,14-16H,4H2,(H2,12,17)/t7-,8?,9+,10+/m1/s1. The van der Waals surface area contributed by atoms with Gasteiger partial charge in [0.25, 0.3) is 0 Å². The van der Waals surface area contributed by atoms with E-state index in [-0.39, 0.29) is 11.3 Å². The molecule has 1 aromatic rings. The van der Waals surface area contributed by atoms with Crippen molar-refractivity contribution in [2.45, 2.75) is 24.4 Å². The minimum Gasteiger partial charge on any atom is -0.394 e. The third-order valence-corrected chi connectivity index (χ3v) is 2.90. The second-order valence-corrected chi connectivity index (χ2v) is 4.09. The molecule has 1 aliphatic rings. The Morgan fingerprint density at radius 1 is 1.44 bits per heavy atom. The molecule has 0 aliphatic carbocycles. The van der Waals surface area contributed by atoms with E-state index in [0.29, 0.717) is 0 Å². The van der Waals surface area contributed by atoms with E-state index in [1.807, 2.05) is 0 Å². The Balaban J connectivity index is 2.27. The van der Waals surface area contributed by atoms with Gasteiger partial charge >= 0.3 is 0 Å². The number of nitrogens with two attached hydrogens (primary N) is 1. The Morgan fingerprint density at radius 2 is 2.17 bits per heavy atom. The molecule has 1 fully saturated rings. The van der Waals surface area contributed by atoms with Crippen LogP contribution in [-0.2, 0) is 4.74 Å². The minimum absolute atomic E-state index is 0.234. The third-order valence-electron chi connectivity index (χ3n) is 2.90. The number of nitrogens with zero attached hydrogens (tertiary/aromatic N) is 1. The van der Waals surface area contributed by atoms with Gasteiger partial charge in [-0.3, -0.25) is 9.78 Å². The molecule has 98 valence electrons. The highest BCUT2D eigenvalue weighted by Crippen LogP contribution is 2.32. The largest absolute Gasteiger partial charge is 0.394 e. The number of amides is 1. The number of rotatable bonds is 3. The maximum atomic E-state index is 11.0. The summed E-state index contributed by atoms with van der Waals surface area (Å²) in [6.07, 6.45) is -2.80. The fraction of sp³-hybridized carbons (Fsp3) is 0.455. The Labute approximate surface area is 103 Å². The predicted molar refractivity (Wildman–Crippen MR) is 59.5 cm³/mol. The van der Waals surface area contributed by atoms with E-state index in [1.54, 1.807) is 0 Å². The number of aliphatic hydroxyl groups is 3. The summed E-state index contributed by atoms with van der Waals surface area (Å²) in [4.78, 5) is 15.0. The number of pyridine rings is 1. The predicted octanol–water partition coefficient (Wildman–Crippen LogP) is -1.67. The van der Waals surface area contributed by atoms with E-state index in [9.17, 15) is 15.0 Å². The first-order valence-corrected chi connectivity index (χ1v) is 5.42. The fourth-order valence-electron chi connectivity index (χ4n) is 1.90. The van der Waals surface area contributed by atoms with Gasteiger partial charge in [0.05, 0.1) is 12.3 Å². The summed E-state index contributed by atoms with van der Waals surface area (Å²) in [5, 5.41) is 28.4. The van der Waals surface area contributed by atoms with E-state index in [2.05, 4.69) is 4.98 Å². The average Bonchev–Trinajstić information content (AvgIpc) is 2.66. The molecule has 1 unspecified atom stereocenters. The number of aliphatic hydroxyl groups excluding tert-OH is 3. The maximum absolute atomic E-state index is 11.0. The summed E-state index contributed by atoms with van der Waals surface area (Å²) in [5.41, 5.74) is 5.66. The van der Waals surface area contributed by atoms with Crippen LogP contribution in [0.25, 0.3) is 0 Å². The van der Waals surface area contributed by atoms with Gasteiger partial charge in [-0.25, -0.2) is 0 Å². The van der Waals surface area contributed by atoms with Gasteiger partial charge in [-0.05, 0) is 12.1 Å². The summed E-state index contributed by atoms with van der Waals surface area (Å²) in [7, 11) is 0. The molecule has 7 heteroatoms. The van der Waals surface area contributed by atoms with Crippen LogP contribution < -0.4 is 5.73 Å². The molecule has 1 amide bonds. The highest BCUT2D eigenvalue weighted by atomic mass is 16.6. The summed E-state index contributed by atoms with van der Waals surface area (Å²) in [6, 6.07) is 2.83. The van der Waals surface area contributed by atoms with Gasteiger partial charge < -0.3 is 25.8 Å². The first-order chi connectivity index (χ1) is 8.54. The zero-order valence-electron chi connectivity index (χ0n) is 9.43. The Morgan fingerprint density at radius 3 is 2.72 bits per heavy atom. The number of primary amides is 1. The highest BCUT2D eigenvalue weighted by molar-refractivity contribution is 5.92. The molecule has 5 N–H and O–H groups in total. The Bertz CT molecular complexity index is 453. The normalized spacial score (nSPS) is 31.5. The minimum atomic E-state index is -1.21. The highest BCUT2D eigenvalue weighted by Gasteiger charge is 2.43.